The zero-order valence-electron chi connectivity index (χ0n) is 50.6. The summed E-state index contributed by atoms with van der Waals surface area (Å²) in [6.45, 7) is 10.3. The van der Waals surface area contributed by atoms with Crippen LogP contribution in [0.4, 0.5) is 13.6 Å². The van der Waals surface area contributed by atoms with Gasteiger partial charge in [-0.05, 0) is 172 Å². The van der Waals surface area contributed by atoms with Crippen molar-refractivity contribution in [2.45, 2.75) is 162 Å². The van der Waals surface area contributed by atoms with E-state index in [0.29, 0.717) is 25.3 Å². The van der Waals surface area contributed by atoms with Crippen molar-refractivity contribution in [3.63, 3.8) is 0 Å². The summed E-state index contributed by atoms with van der Waals surface area (Å²) >= 11 is 0. The molecule has 85 heavy (non-hydrogen) atoms. The smallest absolute Gasteiger partial charge is 0.410 e. The van der Waals surface area contributed by atoms with Gasteiger partial charge in [-0.3, -0.25) is 8.78 Å². The summed E-state index contributed by atoms with van der Waals surface area (Å²) < 4.78 is 43.0. The van der Waals surface area contributed by atoms with E-state index in [0.717, 1.165) is 130 Å². The lowest BCUT2D eigenvalue weighted by Crippen LogP contribution is -2.37. The van der Waals surface area contributed by atoms with Gasteiger partial charge in [-0.2, -0.15) is 0 Å². The molecule has 9 nitrogen and oxygen atoms in total. The van der Waals surface area contributed by atoms with Crippen LogP contribution in [0.3, 0.4) is 0 Å². The number of amides is 1. The Bertz CT molecular complexity index is 3190. The van der Waals surface area contributed by atoms with Crippen molar-refractivity contribution >= 4 is 40.5 Å². The molecule has 0 aliphatic carbocycles. The third kappa shape index (κ3) is 19.9. The van der Waals surface area contributed by atoms with Gasteiger partial charge in [0.15, 0.2) is 0 Å². The first-order chi connectivity index (χ1) is 41.1. The molecule has 452 valence electrons. The summed E-state index contributed by atoms with van der Waals surface area (Å²) in [5.74, 6) is 2.16. The molecule has 2 unspecified atom stereocenters. The van der Waals surface area contributed by atoms with Gasteiger partial charge in [0.05, 0.1) is 13.3 Å². The van der Waals surface area contributed by atoms with Crippen LogP contribution in [0.25, 0.3) is 34.4 Å². The van der Waals surface area contributed by atoms with Gasteiger partial charge in [0.25, 0.3) is 0 Å². The van der Waals surface area contributed by atoms with E-state index in [-0.39, 0.29) is 48.5 Å². The molecule has 0 spiro atoms. The zero-order chi connectivity index (χ0) is 60.6. The van der Waals surface area contributed by atoms with Gasteiger partial charge in [0.2, 0.25) is 0 Å². The highest BCUT2D eigenvalue weighted by Gasteiger charge is 2.32. The molecule has 0 bridgehead atoms. The van der Waals surface area contributed by atoms with Crippen molar-refractivity contribution in [1.82, 2.24) is 4.90 Å². The lowest BCUT2D eigenvalue weighted by Gasteiger charge is -2.31. The molecule has 8 rings (SSSR count). The highest BCUT2D eigenvalue weighted by Crippen LogP contribution is 2.49. The number of fused-ring (bicyclic) bond motifs is 2. The first kappa shape index (κ1) is 64.8. The minimum absolute atomic E-state index is 0.165. The average Bonchev–Trinajstić information content (AvgIpc) is 2.76. The van der Waals surface area contributed by atoms with Gasteiger partial charge in [-0.1, -0.05) is 174 Å². The molecule has 1 amide bonds. The predicted molar refractivity (Wildman–Crippen MR) is 343 cm³/mol. The third-order valence-corrected chi connectivity index (χ3v) is 15.5. The summed E-state index contributed by atoms with van der Waals surface area (Å²) in [5.41, 5.74) is 10.9. The Kier molecular flexibility index (Phi) is 25.2. The van der Waals surface area contributed by atoms with E-state index >= 15 is 0 Å². The van der Waals surface area contributed by atoms with Crippen LogP contribution < -0.4 is 9.47 Å². The van der Waals surface area contributed by atoms with Crippen LogP contribution in [0, 0.1) is 0 Å². The highest BCUT2D eigenvalue weighted by molar-refractivity contribution is 5.97. The Morgan fingerprint density at radius 2 is 0.906 bits per heavy atom. The van der Waals surface area contributed by atoms with Gasteiger partial charge >= 0.3 is 6.09 Å². The first-order valence-electron chi connectivity index (χ1n) is 30.8. The number of aromatic hydroxyl groups is 4. The summed E-state index contributed by atoms with van der Waals surface area (Å²) in [6.07, 6.45) is 25.6. The van der Waals surface area contributed by atoms with Crippen LogP contribution in [0.1, 0.15) is 200 Å². The predicted octanol–water partition coefficient (Wildman–Crippen LogP) is 20.2. The molecule has 0 saturated heterocycles. The highest BCUT2D eigenvalue weighted by atomic mass is 19.1. The number of allylic oxidation sites excluding steroid dienone is 3. The number of carbonyl (C=O) groups excluding carboxylic acids is 1. The van der Waals surface area contributed by atoms with E-state index in [1.54, 1.807) is 59.5 Å². The van der Waals surface area contributed by atoms with Gasteiger partial charge in [-0.25, -0.2) is 4.79 Å². The van der Waals surface area contributed by atoms with Crippen molar-refractivity contribution in [2.24, 2.45) is 0 Å². The van der Waals surface area contributed by atoms with E-state index in [1.165, 1.54) is 44.9 Å². The number of unbranched alkanes of at least 4 members (excludes halogenated alkanes) is 15. The van der Waals surface area contributed by atoms with Crippen LogP contribution >= 0.6 is 0 Å². The molecule has 0 saturated carbocycles. The number of rotatable bonds is 28. The molecule has 0 aromatic heterocycles. The van der Waals surface area contributed by atoms with Crippen molar-refractivity contribution < 1.29 is 48.2 Å². The maximum atomic E-state index is 12.9. The molecule has 2 aliphatic heterocycles. The van der Waals surface area contributed by atoms with E-state index < -0.39 is 11.7 Å². The lowest BCUT2D eigenvalue weighted by atomic mass is 9.86. The van der Waals surface area contributed by atoms with E-state index in [1.807, 2.05) is 101 Å². The fourth-order valence-corrected chi connectivity index (χ4v) is 11.0. The van der Waals surface area contributed by atoms with E-state index in [9.17, 15) is 34.0 Å². The molecule has 0 radical (unpaired) electrons. The molecular formula is C74H89F2NO8. The van der Waals surface area contributed by atoms with Gasteiger partial charge in [0.1, 0.15) is 52.3 Å². The fraction of sp³-hybridized carbons (Fsp3) is 0.392. The molecule has 2 atom stereocenters. The first-order valence-corrected chi connectivity index (χ1v) is 30.8. The second-order valence-corrected chi connectivity index (χ2v) is 23.4. The van der Waals surface area contributed by atoms with Crippen LogP contribution in [-0.2, 0) is 4.74 Å². The summed E-state index contributed by atoms with van der Waals surface area (Å²) in [6, 6.07) is 41.3. The number of phenolic OH excluding ortho intramolecular Hbond substituents is 4. The maximum absolute atomic E-state index is 12.9. The molecular weight excluding hydrogens is 1070 g/mol. The number of nitrogens with zero attached hydrogens (tertiary/aromatic N) is 1. The van der Waals surface area contributed by atoms with Crippen LogP contribution in [-0.4, -0.2) is 63.5 Å². The molecule has 4 N–H and O–H groups in total. The molecule has 11 heteroatoms. The third-order valence-electron chi connectivity index (χ3n) is 15.5. The SMILES string of the molecule is CC1=C(c2cccc(O)c2)C(c2ccc(/C=C/CCCCCCCCCCCF)cc2)Oc2ccc(O)cc21.CC1=C(c2cccc(O)c2)C(c2ccc(/C=C/CN(CCCCCCCCCF)C(=O)OC(C)(C)C)cc2)Oc2ccc(O)cc21. The minimum Gasteiger partial charge on any atom is -0.508 e. The number of benzene rings is 6. The Balaban J connectivity index is 0.000000247. The molecule has 6 aromatic carbocycles. The second-order valence-electron chi connectivity index (χ2n) is 23.4. The Labute approximate surface area is 504 Å². The minimum atomic E-state index is -0.572. The second kappa shape index (κ2) is 33.0. The molecule has 6 aromatic rings. The fourth-order valence-electron chi connectivity index (χ4n) is 11.0. The Hall–Kier alpha value is -7.79. The van der Waals surface area contributed by atoms with Crippen LogP contribution in [0.15, 0.2) is 146 Å². The number of phenols is 4. The number of hydrogen-bond acceptors (Lipinski definition) is 8. The van der Waals surface area contributed by atoms with Crippen molar-refractivity contribution in [3.05, 3.63) is 190 Å². The monoisotopic (exact) mass is 1160 g/mol. The lowest BCUT2D eigenvalue weighted by molar-refractivity contribution is 0.0269. The van der Waals surface area contributed by atoms with Crippen LogP contribution in [0.5, 0.6) is 34.5 Å². The summed E-state index contributed by atoms with van der Waals surface area (Å²) in [5, 5.41) is 40.6. The summed E-state index contributed by atoms with van der Waals surface area (Å²) in [7, 11) is 0. The number of carbonyl (C=O) groups is 1. The van der Waals surface area contributed by atoms with Gasteiger partial charge < -0.3 is 39.5 Å². The quantitative estimate of drug-likeness (QED) is 0.0358. The van der Waals surface area contributed by atoms with E-state index in [4.69, 9.17) is 14.2 Å². The van der Waals surface area contributed by atoms with Gasteiger partial charge in [-0.15, -0.1) is 0 Å². The number of ether oxygens (including phenoxy) is 3. The zero-order valence-corrected chi connectivity index (χ0v) is 50.6. The number of halogens is 2. The maximum Gasteiger partial charge on any atom is 0.410 e. The van der Waals surface area contributed by atoms with Crippen molar-refractivity contribution in [3.8, 4) is 34.5 Å². The van der Waals surface area contributed by atoms with Crippen molar-refractivity contribution in [2.75, 3.05) is 26.4 Å². The Morgan fingerprint density at radius 1 is 0.506 bits per heavy atom. The molecule has 0 fully saturated rings. The van der Waals surface area contributed by atoms with Gasteiger partial charge in [0, 0.05) is 35.4 Å². The Morgan fingerprint density at radius 3 is 1.33 bits per heavy atom. The average molecular weight is 1160 g/mol. The number of alkyl halides is 2. The summed E-state index contributed by atoms with van der Waals surface area (Å²) in [4.78, 5) is 14.7. The largest absolute Gasteiger partial charge is 0.508 e. The van der Waals surface area contributed by atoms with E-state index in [2.05, 4.69) is 36.4 Å². The van der Waals surface area contributed by atoms with Crippen molar-refractivity contribution in [1.29, 1.82) is 0 Å². The molecule has 2 aliphatic rings. The number of hydrogen-bond donors (Lipinski definition) is 4. The molecule has 2 heterocycles. The van der Waals surface area contributed by atoms with Crippen LogP contribution in [0.2, 0.25) is 0 Å². The topological polar surface area (TPSA) is 129 Å². The standard InChI is InChI=1S/C39H48FNO5.C35H41FO3/c1-28-34-27-33(43)21-22-35(34)45-37(36(28)31-15-12-16-32(42)26-31)30-19-17-29(18-20-30)14-13-25-41(38(44)46-39(2,3)4)24-11-9-7-5-6-8-10-23-40;1-26-32-25-31(38)21-22-33(32)39-35(34(26)29-15-13-16-30(37)24-29)28-19-17-27(18-20-28)14-11-9-7-5-3-2-4-6-8-10-12-23-36/h12-22,26-27,37,42-43H,5-11,23-25H2,1-4H3;11,13-22,24-25,35,37-38H,2-10,12,23H2,1H3/b14-13+;14-11+. The normalized spacial score (nSPS) is 14.8.